The van der Waals surface area contributed by atoms with Gasteiger partial charge in [0.1, 0.15) is 11.3 Å². The van der Waals surface area contributed by atoms with Crippen molar-refractivity contribution < 1.29 is 0 Å². The zero-order valence-electron chi connectivity index (χ0n) is 18.4. The molecule has 0 aliphatic heterocycles. The molecule has 0 atom stereocenters. The van der Waals surface area contributed by atoms with E-state index in [0.29, 0.717) is 17.1 Å². The maximum atomic E-state index is 6.59. The lowest BCUT2D eigenvalue weighted by Gasteiger charge is -2.34. The minimum atomic E-state index is 0.414. The van der Waals surface area contributed by atoms with Crippen LogP contribution in [0.2, 0.25) is 5.15 Å². The molecular formula is C27H24ClN5. The molecule has 33 heavy (non-hydrogen) atoms. The van der Waals surface area contributed by atoms with Crippen LogP contribution >= 0.6 is 11.6 Å². The molecule has 1 aliphatic carbocycles. The van der Waals surface area contributed by atoms with Crippen molar-refractivity contribution in [3.05, 3.63) is 84.0 Å². The maximum absolute atomic E-state index is 6.59. The number of fused-ring (bicyclic) bond motifs is 2. The average Bonchev–Trinajstić information content (AvgIpc) is 3.21. The third-order valence-electron chi connectivity index (χ3n) is 6.57. The Bertz CT molecular complexity index is 1450. The lowest BCUT2D eigenvalue weighted by atomic mass is 9.79. The van der Waals surface area contributed by atoms with Crippen molar-refractivity contribution >= 4 is 28.0 Å². The van der Waals surface area contributed by atoms with Gasteiger partial charge in [-0.2, -0.15) is 0 Å². The predicted molar refractivity (Wildman–Crippen MR) is 134 cm³/mol. The molecule has 6 heteroatoms. The first-order valence-electron chi connectivity index (χ1n) is 11.4. The molecule has 0 saturated heterocycles. The molecule has 1 saturated carbocycles. The number of hydrogen-bond acceptors (Lipinski definition) is 4. The topological polar surface area (TPSA) is 55.1 Å². The lowest BCUT2D eigenvalue weighted by Crippen LogP contribution is -2.40. The third-order valence-corrected chi connectivity index (χ3v) is 6.85. The molecular weight excluding hydrogens is 430 g/mol. The zero-order valence-corrected chi connectivity index (χ0v) is 19.1. The highest BCUT2D eigenvalue weighted by atomic mass is 35.5. The SMILES string of the molecule is CCNC1CC(c2nc(-c3ccc4ccc(-c5ccccc5)nc4c3)c3c(Cl)nccn23)C1. The van der Waals surface area contributed by atoms with E-state index in [9.17, 15) is 0 Å². The summed E-state index contributed by atoms with van der Waals surface area (Å²) >= 11 is 6.59. The molecule has 5 nitrogen and oxygen atoms in total. The molecule has 3 heterocycles. The van der Waals surface area contributed by atoms with Gasteiger partial charge in [-0.1, -0.05) is 67.1 Å². The number of pyridine rings is 1. The van der Waals surface area contributed by atoms with E-state index in [-0.39, 0.29) is 0 Å². The van der Waals surface area contributed by atoms with Crippen molar-refractivity contribution in [2.75, 3.05) is 6.54 Å². The second kappa shape index (κ2) is 8.25. The second-order valence-corrected chi connectivity index (χ2v) is 9.01. The number of imidazole rings is 1. The average molecular weight is 454 g/mol. The van der Waals surface area contributed by atoms with Gasteiger partial charge in [-0.25, -0.2) is 15.0 Å². The van der Waals surface area contributed by atoms with Gasteiger partial charge >= 0.3 is 0 Å². The van der Waals surface area contributed by atoms with E-state index in [1.165, 1.54) is 0 Å². The van der Waals surface area contributed by atoms with Crippen LogP contribution in [0.5, 0.6) is 0 Å². The Morgan fingerprint density at radius 2 is 1.82 bits per heavy atom. The van der Waals surface area contributed by atoms with E-state index in [0.717, 1.165) is 64.1 Å². The molecule has 164 valence electrons. The number of benzene rings is 2. The van der Waals surface area contributed by atoms with E-state index < -0.39 is 0 Å². The van der Waals surface area contributed by atoms with E-state index in [4.69, 9.17) is 21.6 Å². The van der Waals surface area contributed by atoms with Gasteiger partial charge in [-0.3, -0.25) is 4.40 Å². The van der Waals surface area contributed by atoms with Gasteiger partial charge in [0.2, 0.25) is 0 Å². The van der Waals surface area contributed by atoms with Crippen molar-refractivity contribution in [2.24, 2.45) is 0 Å². The molecule has 6 rings (SSSR count). The van der Waals surface area contributed by atoms with Crippen LogP contribution in [0.3, 0.4) is 0 Å². The van der Waals surface area contributed by atoms with Crippen LogP contribution in [0.1, 0.15) is 31.5 Å². The van der Waals surface area contributed by atoms with Gasteiger partial charge in [0.05, 0.1) is 16.9 Å². The molecule has 0 radical (unpaired) electrons. The number of hydrogen-bond donors (Lipinski definition) is 1. The van der Waals surface area contributed by atoms with Gasteiger partial charge in [0, 0.05) is 40.9 Å². The Labute approximate surface area is 197 Å². The molecule has 0 spiro atoms. The van der Waals surface area contributed by atoms with Crippen molar-refractivity contribution in [1.82, 2.24) is 24.7 Å². The monoisotopic (exact) mass is 453 g/mol. The van der Waals surface area contributed by atoms with Crippen LogP contribution in [0.4, 0.5) is 0 Å². The summed E-state index contributed by atoms with van der Waals surface area (Å²) in [5.74, 6) is 1.47. The fourth-order valence-corrected chi connectivity index (χ4v) is 5.07. The first-order valence-corrected chi connectivity index (χ1v) is 11.8. The van der Waals surface area contributed by atoms with Gasteiger partial charge in [0.25, 0.3) is 0 Å². The fourth-order valence-electron chi connectivity index (χ4n) is 4.83. The molecule has 2 aromatic carbocycles. The quantitative estimate of drug-likeness (QED) is 0.348. The van der Waals surface area contributed by atoms with E-state index in [2.05, 4.69) is 64.1 Å². The van der Waals surface area contributed by atoms with Crippen molar-refractivity contribution in [3.8, 4) is 22.5 Å². The summed E-state index contributed by atoms with van der Waals surface area (Å²) in [6.45, 7) is 3.15. The Kier molecular flexibility index (Phi) is 5.08. The van der Waals surface area contributed by atoms with Gasteiger partial charge < -0.3 is 5.32 Å². The van der Waals surface area contributed by atoms with Crippen LogP contribution in [0.25, 0.3) is 38.9 Å². The van der Waals surface area contributed by atoms with E-state index >= 15 is 0 Å². The normalized spacial score (nSPS) is 18.0. The highest BCUT2D eigenvalue weighted by molar-refractivity contribution is 6.33. The second-order valence-electron chi connectivity index (χ2n) is 8.65. The predicted octanol–water partition coefficient (Wildman–Crippen LogP) is 6.12. The van der Waals surface area contributed by atoms with Gasteiger partial charge in [-0.15, -0.1) is 0 Å². The molecule has 5 aromatic rings. The van der Waals surface area contributed by atoms with Crippen molar-refractivity contribution in [3.63, 3.8) is 0 Å². The Morgan fingerprint density at radius 3 is 2.64 bits per heavy atom. The number of nitrogens with zero attached hydrogens (tertiary/aromatic N) is 4. The Hall–Kier alpha value is -3.28. The molecule has 1 fully saturated rings. The third kappa shape index (κ3) is 3.58. The Morgan fingerprint density at radius 1 is 1.00 bits per heavy atom. The number of rotatable bonds is 5. The minimum Gasteiger partial charge on any atom is -0.314 e. The molecule has 3 aromatic heterocycles. The number of nitrogens with one attached hydrogen (secondary N) is 1. The standard InChI is InChI=1S/C27H24ClN5/c1-2-29-21-14-20(15-21)27-32-24(25-26(28)30-12-13-33(25)27)19-9-8-18-10-11-22(31-23(18)16-19)17-6-4-3-5-7-17/h3-13,16,20-21,29H,2,14-15H2,1H3. The summed E-state index contributed by atoms with van der Waals surface area (Å²) in [5, 5.41) is 5.10. The molecule has 0 unspecified atom stereocenters. The molecule has 0 amide bonds. The maximum Gasteiger partial charge on any atom is 0.155 e. The summed E-state index contributed by atoms with van der Waals surface area (Å²) in [4.78, 5) is 14.4. The first kappa shape index (κ1) is 20.3. The smallest absolute Gasteiger partial charge is 0.155 e. The first-order chi connectivity index (χ1) is 16.2. The molecule has 1 N–H and O–H groups in total. The van der Waals surface area contributed by atoms with Gasteiger partial charge in [0.15, 0.2) is 5.15 Å². The summed E-state index contributed by atoms with van der Waals surface area (Å²) in [6.07, 6.45) is 5.90. The summed E-state index contributed by atoms with van der Waals surface area (Å²) in [5.41, 5.74) is 5.73. The van der Waals surface area contributed by atoms with Crippen LogP contribution in [0, 0.1) is 0 Å². The largest absolute Gasteiger partial charge is 0.314 e. The highest BCUT2D eigenvalue weighted by Crippen LogP contribution is 2.40. The van der Waals surface area contributed by atoms with Crippen LogP contribution in [-0.4, -0.2) is 31.9 Å². The van der Waals surface area contributed by atoms with Crippen LogP contribution in [0.15, 0.2) is 73.1 Å². The van der Waals surface area contributed by atoms with Crippen molar-refractivity contribution in [1.29, 1.82) is 0 Å². The summed E-state index contributed by atoms with van der Waals surface area (Å²) in [7, 11) is 0. The minimum absolute atomic E-state index is 0.414. The zero-order chi connectivity index (χ0) is 22.4. The van der Waals surface area contributed by atoms with Gasteiger partial charge in [-0.05, 0) is 31.5 Å². The number of halogens is 1. The van der Waals surface area contributed by atoms with Crippen LogP contribution in [-0.2, 0) is 0 Å². The van der Waals surface area contributed by atoms with E-state index in [1.807, 2.05) is 24.4 Å². The lowest BCUT2D eigenvalue weighted by molar-refractivity contribution is 0.286. The summed E-state index contributed by atoms with van der Waals surface area (Å²) in [6, 6.07) is 21.3. The van der Waals surface area contributed by atoms with E-state index in [1.54, 1.807) is 6.20 Å². The van der Waals surface area contributed by atoms with Crippen LogP contribution < -0.4 is 5.32 Å². The molecule has 1 aliphatic rings. The highest BCUT2D eigenvalue weighted by Gasteiger charge is 2.33. The molecule has 0 bridgehead atoms. The van der Waals surface area contributed by atoms with Crippen molar-refractivity contribution in [2.45, 2.75) is 31.7 Å². The Balaban J connectivity index is 1.45. The summed E-state index contributed by atoms with van der Waals surface area (Å²) < 4.78 is 2.12. The fraction of sp³-hybridized carbons (Fsp3) is 0.222. The number of aromatic nitrogens is 4.